The molecule has 0 unspecified atom stereocenters. The third-order valence-electron chi connectivity index (χ3n) is 4.63. The summed E-state index contributed by atoms with van der Waals surface area (Å²) >= 11 is 0. The molecule has 3 aromatic carbocycles. The number of carbonyl (C=O) groups excluding carboxylic acids is 1. The highest BCUT2D eigenvalue weighted by Gasteiger charge is 2.18. The molecule has 174 valence electrons. The van der Waals surface area contributed by atoms with E-state index in [1.54, 1.807) is 31.2 Å². The molecule has 1 aromatic heterocycles. The van der Waals surface area contributed by atoms with Crippen molar-refractivity contribution in [3.8, 4) is 5.75 Å². The van der Waals surface area contributed by atoms with E-state index < -0.39 is 16.0 Å². The summed E-state index contributed by atoms with van der Waals surface area (Å²) in [6.07, 6.45) is 0. The first-order chi connectivity index (χ1) is 16.4. The number of ether oxygens (including phenoxy) is 2. The highest BCUT2D eigenvalue weighted by molar-refractivity contribution is 7.92. The minimum Gasteiger partial charge on any atom is -0.489 e. The van der Waals surface area contributed by atoms with Gasteiger partial charge in [-0.05, 0) is 48.0 Å². The first-order valence-corrected chi connectivity index (χ1v) is 11.7. The van der Waals surface area contributed by atoms with Gasteiger partial charge in [-0.2, -0.15) is 0 Å². The van der Waals surface area contributed by atoms with Crippen LogP contribution in [0, 0.1) is 6.92 Å². The number of rotatable bonds is 9. The first-order valence-electron chi connectivity index (χ1n) is 10.2. The number of hydrogen-bond donors (Lipinski definition) is 1. The molecule has 4 aromatic rings. The Hall–Kier alpha value is -4.18. The number of sulfonamides is 1. The van der Waals surface area contributed by atoms with Crippen LogP contribution in [0.25, 0.3) is 0 Å². The van der Waals surface area contributed by atoms with Gasteiger partial charge in [0.05, 0.1) is 10.5 Å². The smallest absolute Gasteiger partial charge is 0.338 e. The zero-order valence-electron chi connectivity index (χ0n) is 18.2. The van der Waals surface area contributed by atoms with E-state index in [0.717, 1.165) is 5.56 Å². The summed E-state index contributed by atoms with van der Waals surface area (Å²) in [5, 5.41) is 7.39. The molecular formula is C24H21N3O6S. The lowest BCUT2D eigenvalue weighted by Gasteiger charge is -2.11. The van der Waals surface area contributed by atoms with Gasteiger partial charge in [0, 0.05) is 12.6 Å². The van der Waals surface area contributed by atoms with Crippen molar-refractivity contribution in [2.24, 2.45) is 0 Å². The van der Waals surface area contributed by atoms with E-state index in [1.165, 1.54) is 24.3 Å². The Morgan fingerprint density at radius 3 is 2.41 bits per heavy atom. The highest BCUT2D eigenvalue weighted by atomic mass is 32.2. The number of esters is 1. The molecule has 1 heterocycles. The summed E-state index contributed by atoms with van der Waals surface area (Å²) in [5.41, 5.74) is 1.45. The fourth-order valence-corrected chi connectivity index (χ4v) is 4.07. The summed E-state index contributed by atoms with van der Waals surface area (Å²) in [5.74, 6) is 0.384. The van der Waals surface area contributed by atoms with Gasteiger partial charge in [0.25, 0.3) is 15.9 Å². The number of hydrogen-bond acceptors (Lipinski definition) is 8. The molecule has 34 heavy (non-hydrogen) atoms. The van der Waals surface area contributed by atoms with E-state index >= 15 is 0 Å². The van der Waals surface area contributed by atoms with Gasteiger partial charge in [-0.15, -0.1) is 10.2 Å². The van der Waals surface area contributed by atoms with Gasteiger partial charge in [-0.25, -0.2) is 13.2 Å². The van der Waals surface area contributed by atoms with E-state index in [4.69, 9.17) is 13.9 Å². The maximum Gasteiger partial charge on any atom is 0.338 e. The van der Waals surface area contributed by atoms with Crippen LogP contribution in [0.2, 0.25) is 0 Å². The minimum absolute atomic E-state index is 0.0729. The van der Waals surface area contributed by atoms with Crippen molar-refractivity contribution in [2.75, 3.05) is 4.72 Å². The lowest BCUT2D eigenvalue weighted by Crippen LogP contribution is -2.14. The van der Waals surface area contributed by atoms with Crippen LogP contribution < -0.4 is 9.46 Å². The van der Waals surface area contributed by atoms with Crippen LogP contribution in [0.3, 0.4) is 0 Å². The van der Waals surface area contributed by atoms with Crippen molar-refractivity contribution in [3.63, 3.8) is 0 Å². The SMILES string of the molecule is Cc1nnc(COC(=O)c2cccc(S(=O)(=O)Nc3ccc(OCc4ccccc4)cc3)c2)o1. The predicted octanol–water partition coefficient (Wildman–Crippen LogP) is 4.11. The van der Waals surface area contributed by atoms with E-state index in [9.17, 15) is 13.2 Å². The third kappa shape index (κ3) is 5.99. The molecule has 1 N–H and O–H groups in total. The second kappa shape index (κ2) is 10.2. The Kier molecular flexibility index (Phi) is 6.88. The summed E-state index contributed by atoms with van der Waals surface area (Å²) < 4.78 is 44.1. The topological polar surface area (TPSA) is 121 Å². The Morgan fingerprint density at radius 1 is 0.941 bits per heavy atom. The standard InChI is InChI=1S/C24H21N3O6S/c1-17-25-26-23(33-17)16-32-24(28)19-8-5-9-22(14-19)34(29,30)27-20-10-12-21(13-11-20)31-15-18-6-3-2-4-7-18/h2-14,27H,15-16H2,1H3. The van der Waals surface area contributed by atoms with Crippen molar-refractivity contribution >= 4 is 21.7 Å². The maximum absolute atomic E-state index is 12.8. The van der Waals surface area contributed by atoms with Crippen LogP contribution in [0.1, 0.15) is 27.7 Å². The first kappa shape index (κ1) is 23.0. The average molecular weight is 480 g/mol. The third-order valence-corrected chi connectivity index (χ3v) is 6.01. The molecule has 4 rings (SSSR count). The molecule has 0 saturated heterocycles. The largest absolute Gasteiger partial charge is 0.489 e. The second-order valence-corrected chi connectivity index (χ2v) is 8.91. The Labute approximate surface area is 196 Å². The van der Waals surface area contributed by atoms with E-state index in [-0.39, 0.29) is 23.0 Å². The fourth-order valence-electron chi connectivity index (χ4n) is 2.97. The molecule has 9 nitrogen and oxygen atoms in total. The van der Waals surface area contributed by atoms with Gasteiger partial charge in [-0.1, -0.05) is 36.4 Å². The summed E-state index contributed by atoms with van der Waals surface area (Å²) in [7, 11) is -3.94. The van der Waals surface area contributed by atoms with Crippen molar-refractivity contribution < 1.29 is 27.1 Å². The molecule has 0 aliphatic heterocycles. The van der Waals surface area contributed by atoms with E-state index in [1.807, 2.05) is 30.3 Å². The lowest BCUT2D eigenvalue weighted by molar-refractivity contribution is 0.0436. The number of carbonyl (C=O) groups is 1. The summed E-state index contributed by atoms with van der Waals surface area (Å²) in [6.45, 7) is 1.81. The van der Waals surface area contributed by atoms with Crippen molar-refractivity contribution in [1.82, 2.24) is 10.2 Å². The fraction of sp³-hybridized carbons (Fsp3) is 0.125. The zero-order valence-corrected chi connectivity index (χ0v) is 19.0. The molecule has 0 radical (unpaired) electrons. The van der Waals surface area contributed by atoms with Crippen LogP contribution in [0.15, 0.2) is 88.2 Å². The predicted molar refractivity (Wildman–Crippen MR) is 123 cm³/mol. The lowest BCUT2D eigenvalue weighted by atomic mass is 10.2. The van der Waals surface area contributed by atoms with Gasteiger partial charge in [-0.3, -0.25) is 4.72 Å². The van der Waals surface area contributed by atoms with Gasteiger partial charge in [0.2, 0.25) is 5.89 Å². The minimum atomic E-state index is -3.94. The van der Waals surface area contributed by atoms with Gasteiger partial charge >= 0.3 is 5.97 Å². The van der Waals surface area contributed by atoms with Gasteiger partial charge in [0.1, 0.15) is 12.4 Å². The molecule has 0 bridgehead atoms. The molecule has 0 saturated carbocycles. The van der Waals surface area contributed by atoms with Crippen molar-refractivity contribution in [1.29, 1.82) is 0 Å². The number of nitrogens with one attached hydrogen (secondary N) is 1. The molecule has 0 amide bonds. The van der Waals surface area contributed by atoms with Crippen LogP contribution >= 0.6 is 0 Å². The molecule has 0 fully saturated rings. The highest BCUT2D eigenvalue weighted by Crippen LogP contribution is 2.21. The van der Waals surface area contributed by atoms with Crippen LogP contribution in [-0.4, -0.2) is 24.6 Å². The Balaban J connectivity index is 1.38. The Bertz CT molecular complexity index is 1370. The number of benzene rings is 3. The van der Waals surface area contributed by atoms with Gasteiger partial charge < -0.3 is 13.9 Å². The molecule has 0 aliphatic carbocycles. The molecule has 10 heteroatoms. The van der Waals surface area contributed by atoms with Crippen molar-refractivity contribution in [3.05, 3.63) is 102 Å². The zero-order chi connectivity index (χ0) is 24.0. The molecule has 0 aliphatic rings. The van der Waals surface area contributed by atoms with Crippen molar-refractivity contribution in [2.45, 2.75) is 25.0 Å². The van der Waals surface area contributed by atoms with Crippen LogP contribution in [0.4, 0.5) is 5.69 Å². The molecular weight excluding hydrogens is 458 g/mol. The Morgan fingerprint density at radius 2 is 1.71 bits per heavy atom. The second-order valence-electron chi connectivity index (χ2n) is 7.22. The van der Waals surface area contributed by atoms with Crippen LogP contribution in [-0.2, 0) is 28.0 Å². The average Bonchev–Trinajstić information content (AvgIpc) is 3.27. The molecule has 0 atom stereocenters. The van der Waals surface area contributed by atoms with E-state index in [2.05, 4.69) is 14.9 Å². The maximum atomic E-state index is 12.8. The van der Waals surface area contributed by atoms with Crippen LogP contribution in [0.5, 0.6) is 5.75 Å². The molecule has 0 spiro atoms. The van der Waals surface area contributed by atoms with E-state index in [0.29, 0.717) is 23.9 Å². The quantitative estimate of drug-likeness (QED) is 0.356. The normalized spacial score (nSPS) is 11.1. The number of aromatic nitrogens is 2. The summed E-state index contributed by atoms with van der Waals surface area (Å²) in [4.78, 5) is 12.2. The number of aryl methyl sites for hydroxylation is 1. The summed E-state index contributed by atoms with van der Waals surface area (Å²) in [6, 6.07) is 21.8. The van der Waals surface area contributed by atoms with Gasteiger partial charge in [0.15, 0.2) is 6.61 Å². The monoisotopic (exact) mass is 479 g/mol. The number of nitrogens with zero attached hydrogens (tertiary/aromatic N) is 2. The number of anilines is 1.